The molecular formula is C23H34O4. The maximum Gasteiger partial charge on any atom is 0.305 e. The molecule has 2 N–H and O–H groups in total. The molecule has 0 heterocycles. The number of hydrogen-bond acceptors (Lipinski definition) is 4. The smallest absolute Gasteiger partial charge is 0.305 e. The van der Waals surface area contributed by atoms with Crippen molar-refractivity contribution in [2.45, 2.75) is 71.0 Å². The van der Waals surface area contributed by atoms with Gasteiger partial charge in [-0.1, -0.05) is 30.7 Å². The molecule has 0 aromatic rings. The molecule has 2 aliphatic carbocycles. The lowest BCUT2D eigenvalue weighted by atomic mass is 9.89. The van der Waals surface area contributed by atoms with Crippen molar-refractivity contribution in [2.75, 3.05) is 7.11 Å². The number of fused-ring (bicyclic) bond motifs is 1. The van der Waals surface area contributed by atoms with Crippen molar-refractivity contribution in [3.63, 3.8) is 0 Å². The molecule has 2 saturated carbocycles. The molecule has 2 rings (SSSR count). The third-order valence-electron chi connectivity index (χ3n) is 6.07. The molecule has 0 spiro atoms. The van der Waals surface area contributed by atoms with Crippen LogP contribution < -0.4 is 0 Å². The van der Waals surface area contributed by atoms with E-state index in [9.17, 15) is 15.0 Å². The Labute approximate surface area is 163 Å². The zero-order valence-corrected chi connectivity index (χ0v) is 16.9. The van der Waals surface area contributed by atoms with E-state index in [0.29, 0.717) is 24.7 Å². The number of aliphatic hydroxyl groups excluding tert-OH is 2. The minimum Gasteiger partial charge on any atom is -0.469 e. The lowest BCUT2D eigenvalue weighted by Crippen LogP contribution is -2.19. The zero-order valence-electron chi connectivity index (χ0n) is 16.9. The van der Waals surface area contributed by atoms with Crippen molar-refractivity contribution in [3.8, 4) is 11.8 Å². The minimum atomic E-state index is -0.521. The van der Waals surface area contributed by atoms with Gasteiger partial charge in [0.1, 0.15) is 0 Å². The van der Waals surface area contributed by atoms with Gasteiger partial charge in [-0.25, -0.2) is 0 Å². The summed E-state index contributed by atoms with van der Waals surface area (Å²) in [4.78, 5) is 11.2. The normalized spacial score (nSPS) is 30.8. The first kappa shape index (κ1) is 21.7. The van der Waals surface area contributed by atoms with Crippen molar-refractivity contribution < 1.29 is 19.7 Å². The highest BCUT2D eigenvalue weighted by Gasteiger charge is 2.44. The molecule has 0 aliphatic heterocycles. The second-order valence-corrected chi connectivity index (χ2v) is 8.03. The molecule has 0 amide bonds. The highest BCUT2D eigenvalue weighted by molar-refractivity contribution is 5.69. The maximum atomic E-state index is 11.2. The minimum absolute atomic E-state index is 0.0943. The molecule has 0 aromatic heterocycles. The second-order valence-electron chi connectivity index (χ2n) is 8.03. The number of allylic oxidation sites excluding steroid dienone is 2. The Morgan fingerprint density at radius 2 is 2.19 bits per heavy atom. The van der Waals surface area contributed by atoms with Crippen molar-refractivity contribution in [2.24, 2.45) is 23.7 Å². The van der Waals surface area contributed by atoms with Crippen LogP contribution in [0.2, 0.25) is 0 Å². The zero-order chi connectivity index (χ0) is 19.8. The van der Waals surface area contributed by atoms with Gasteiger partial charge in [0, 0.05) is 18.8 Å². The maximum absolute atomic E-state index is 11.2. The van der Waals surface area contributed by atoms with Crippen molar-refractivity contribution >= 4 is 5.97 Å². The van der Waals surface area contributed by atoms with Crippen LogP contribution in [0.4, 0.5) is 0 Å². The topological polar surface area (TPSA) is 66.8 Å². The van der Waals surface area contributed by atoms with E-state index in [0.717, 1.165) is 32.1 Å². The van der Waals surface area contributed by atoms with Crippen LogP contribution in [0.5, 0.6) is 0 Å². The Morgan fingerprint density at radius 3 is 2.89 bits per heavy atom. The highest BCUT2D eigenvalue weighted by atomic mass is 16.5. The van der Waals surface area contributed by atoms with Gasteiger partial charge in [-0.15, -0.1) is 11.8 Å². The van der Waals surface area contributed by atoms with E-state index in [1.807, 2.05) is 26.0 Å². The van der Waals surface area contributed by atoms with Gasteiger partial charge >= 0.3 is 5.97 Å². The summed E-state index contributed by atoms with van der Waals surface area (Å²) < 4.78 is 4.67. The number of ether oxygens (including phenoxy) is 1. The summed E-state index contributed by atoms with van der Waals surface area (Å²) in [7, 11) is 1.42. The first-order valence-corrected chi connectivity index (χ1v) is 10.1. The Kier molecular flexibility index (Phi) is 8.60. The fraction of sp³-hybridized carbons (Fsp3) is 0.696. The summed E-state index contributed by atoms with van der Waals surface area (Å²) in [5.41, 5.74) is 1.45. The van der Waals surface area contributed by atoms with Gasteiger partial charge in [0.25, 0.3) is 0 Å². The van der Waals surface area contributed by atoms with Gasteiger partial charge in [-0.05, 0) is 56.8 Å². The molecule has 4 heteroatoms. The van der Waals surface area contributed by atoms with E-state index in [1.54, 1.807) is 0 Å². The van der Waals surface area contributed by atoms with Crippen LogP contribution in [0.15, 0.2) is 23.8 Å². The molecule has 0 radical (unpaired) electrons. The molecule has 27 heavy (non-hydrogen) atoms. The fourth-order valence-corrected chi connectivity index (χ4v) is 4.41. The second kappa shape index (κ2) is 10.7. The van der Waals surface area contributed by atoms with Crippen molar-refractivity contribution in [1.29, 1.82) is 0 Å². The van der Waals surface area contributed by atoms with Crippen LogP contribution in [-0.2, 0) is 9.53 Å². The molecule has 2 fully saturated rings. The third kappa shape index (κ3) is 6.23. The third-order valence-corrected chi connectivity index (χ3v) is 6.07. The van der Waals surface area contributed by atoms with Crippen LogP contribution in [0.1, 0.15) is 58.8 Å². The number of hydrogen-bond donors (Lipinski definition) is 2. The number of unbranched alkanes of at least 4 members (excludes halogenated alkanes) is 1. The summed E-state index contributed by atoms with van der Waals surface area (Å²) in [6.45, 7) is 3.81. The fourth-order valence-electron chi connectivity index (χ4n) is 4.41. The van der Waals surface area contributed by atoms with Crippen molar-refractivity contribution in [1.82, 2.24) is 0 Å². The number of aliphatic hydroxyl groups is 2. The molecule has 0 bridgehead atoms. The van der Waals surface area contributed by atoms with E-state index in [-0.39, 0.29) is 23.9 Å². The molecule has 4 nitrogen and oxygen atoms in total. The van der Waals surface area contributed by atoms with E-state index >= 15 is 0 Å². The Morgan fingerprint density at radius 1 is 1.41 bits per heavy atom. The van der Waals surface area contributed by atoms with Gasteiger partial charge in [-0.2, -0.15) is 0 Å². The Balaban J connectivity index is 1.87. The van der Waals surface area contributed by atoms with Gasteiger partial charge in [0.15, 0.2) is 0 Å². The number of rotatable bonds is 8. The monoisotopic (exact) mass is 374 g/mol. The molecular weight excluding hydrogens is 340 g/mol. The molecule has 0 saturated heterocycles. The predicted molar refractivity (Wildman–Crippen MR) is 107 cm³/mol. The molecule has 0 unspecified atom stereocenters. The van der Waals surface area contributed by atoms with Crippen LogP contribution in [0.25, 0.3) is 0 Å². The van der Waals surface area contributed by atoms with Gasteiger partial charge < -0.3 is 14.9 Å². The summed E-state index contributed by atoms with van der Waals surface area (Å²) >= 11 is 0. The van der Waals surface area contributed by atoms with E-state index < -0.39 is 6.10 Å². The van der Waals surface area contributed by atoms with Gasteiger partial charge in [0.2, 0.25) is 0 Å². The summed E-state index contributed by atoms with van der Waals surface area (Å²) in [6, 6.07) is 0. The highest BCUT2D eigenvalue weighted by Crippen LogP contribution is 2.50. The van der Waals surface area contributed by atoms with Crippen molar-refractivity contribution in [3.05, 3.63) is 23.8 Å². The quantitative estimate of drug-likeness (QED) is 0.295. The van der Waals surface area contributed by atoms with Crippen LogP contribution in [-0.4, -0.2) is 35.5 Å². The summed E-state index contributed by atoms with van der Waals surface area (Å²) in [6.07, 6.45) is 11.1. The number of carbonyl (C=O) groups excluding carboxylic acids is 1. The predicted octanol–water partition coefficient (Wildman–Crippen LogP) is 3.63. The first-order valence-electron chi connectivity index (χ1n) is 10.1. The first-order chi connectivity index (χ1) is 13.0. The van der Waals surface area contributed by atoms with E-state index in [1.165, 1.54) is 12.7 Å². The largest absolute Gasteiger partial charge is 0.469 e. The van der Waals surface area contributed by atoms with E-state index in [2.05, 4.69) is 22.7 Å². The number of esters is 1. The lowest BCUT2D eigenvalue weighted by molar-refractivity contribution is -0.140. The van der Waals surface area contributed by atoms with E-state index in [4.69, 9.17) is 0 Å². The average molecular weight is 375 g/mol. The Bertz CT molecular complexity index is 610. The van der Waals surface area contributed by atoms with Gasteiger partial charge in [-0.3, -0.25) is 4.79 Å². The molecule has 150 valence electrons. The average Bonchev–Trinajstić information content (AvgIpc) is 3.17. The Hall–Kier alpha value is -1.57. The van der Waals surface area contributed by atoms with Crippen LogP contribution in [0, 0.1) is 35.5 Å². The lowest BCUT2D eigenvalue weighted by Gasteiger charge is -2.19. The molecule has 0 aromatic carbocycles. The number of carbonyl (C=O) groups is 1. The molecule has 6 atom stereocenters. The van der Waals surface area contributed by atoms with Crippen LogP contribution >= 0.6 is 0 Å². The van der Waals surface area contributed by atoms with Gasteiger partial charge in [0.05, 0.1) is 19.3 Å². The number of methoxy groups -OCH3 is 1. The molecule has 2 aliphatic rings. The SMILES string of the molecule is CC#CC[C@@H](C)[C@H](O)/C=C/[C@@H]1[C@H]2C/C(=C/CCCC(=O)OC)C[C@H]2C[C@H]1O. The summed E-state index contributed by atoms with van der Waals surface area (Å²) in [5.74, 6) is 6.93. The van der Waals surface area contributed by atoms with Crippen LogP contribution in [0.3, 0.4) is 0 Å². The standard InChI is InChI=1S/C23H34O4/c1-4-5-8-16(2)21(24)12-11-19-20-14-17(13-18(20)15-22(19)25)9-6-7-10-23(26)27-3/h9,11-12,16,18-22,24-25H,6-8,10,13-15H2,1-3H3/b12-11+,17-9+/t16-,18+,19-,20+,21-,22-/m1/s1. The summed E-state index contributed by atoms with van der Waals surface area (Å²) in [5, 5.41) is 20.8.